The Hall–Kier alpha value is -1.92. The van der Waals surface area contributed by atoms with Gasteiger partial charge in [0.2, 0.25) is 5.91 Å². The topological polar surface area (TPSA) is 54.5 Å². The van der Waals surface area contributed by atoms with Gasteiger partial charge in [0.05, 0.1) is 19.7 Å². The quantitative estimate of drug-likeness (QED) is 0.886. The highest BCUT2D eigenvalue weighted by molar-refractivity contribution is 7.09. The number of carbonyl (C=O) groups excluding carboxylic acids is 1. The fraction of sp³-hybridized carbons (Fsp3) is 0.375. The molecule has 0 unspecified atom stereocenters. The Bertz CT molecular complexity index is 613. The van der Waals surface area contributed by atoms with E-state index in [1.54, 1.807) is 24.6 Å². The summed E-state index contributed by atoms with van der Waals surface area (Å²) < 4.78 is 5.16. The Labute approximate surface area is 133 Å². The van der Waals surface area contributed by atoms with Crippen LogP contribution in [0.25, 0.3) is 0 Å². The van der Waals surface area contributed by atoms with Gasteiger partial charge in [0.25, 0.3) is 0 Å². The van der Waals surface area contributed by atoms with Crippen LogP contribution in [0.1, 0.15) is 17.0 Å². The summed E-state index contributed by atoms with van der Waals surface area (Å²) in [6, 6.07) is 7.96. The molecule has 0 spiro atoms. The molecule has 1 aliphatic rings. The molecule has 116 valence electrons. The summed E-state index contributed by atoms with van der Waals surface area (Å²) in [6.07, 6.45) is 2.67. The van der Waals surface area contributed by atoms with Gasteiger partial charge in [-0.1, -0.05) is 12.1 Å². The normalized spacial score (nSPS) is 17.8. The molecule has 6 heteroatoms. The number of amides is 1. The van der Waals surface area contributed by atoms with Gasteiger partial charge >= 0.3 is 0 Å². The van der Waals surface area contributed by atoms with Crippen molar-refractivity contribution in [3.05, 3.63) is 46.4 Å². The van der Waals surface area contributed by atoms with E-state index in [-0.39, 0.29) is 11.9 Å². The maximum absolute atomic E-state index is 12.2. The molecule has 0 saturated carbocycles. The van der Waals surface area contributed by atoms with E-state index in [1.807, 2.05) is 29.6 Å². The minimum absolute atomic E-state index is 0.0259. The third-order valence-corrected chi connectivity index (χ3v) is 4.65. The van der Waals surface area contributed by atoms with Crippen molar-refractivity contribution >= 4 is 17.2 Å². The zero-order valence-electron chi connectivity index (χ0n) is 12.5. The molecule has 0 bridgehead atoms. The highest BCUT2D eigenvalue weighted by Gasteiger charge is 2.33. The van der Waals surface area contributed by atoms with Gasteiger partial charge in [-0.2, -0.15) is 0 Å². The SMILES string of the molecule is COc1ccc(CN2CC[C@H]2C(=O)NCc2nccs2)cc1. The fourth-order valence-corrected chi connectivity index (χ4v) is 3.07. The van der Waals surface area contributed by atoms with E-state index in [1.165, 1.54) is 5.56 Å². The second kappa shape index (κ2) is 6.89. The van der Waals surface area contributed by atoms with Crippen molar-refractivity contribution in [2.45, 2.75) is 25.6 Å². The molecule has 22 heavy (non-hydrogen) atoms. The van der Waals surface area contributed by atoms with E-state index in [9.17, 15) is 4.79 Å². The summed E-state index contributed by atoms with van der Waals surface area (Å²) in [7, 11) is 1.66. The largest absolute Gasteiger partial charge is 0.497 e. The van der Waals surface area contributed by atoms with Crippen LogP contribution in [0.15, 0.2) is 35.8 Å². The lowest BCUT2D eigenvalue weighted by atomic mass is 10.0. The summed E-state index contributed by atoms with van der Waals surface area (Å²) in [5, 5.41) is 5.83. The van der Waals surface area contributed by atoms with Crippen molar-refractivity contribution in [1.29, 1.82) is 0 Å². The number of nitrogens with one attached hydrogen (secondary N) is 1. The van der Waals surface area contributed by atoms with Crippen LogP contribution in [0.3, 0.4) is 0 Å². The molecular weight excluding hydrogens is 298 g/mol. The first-order valence-corrected chi connectivity index (χ1v) is 8.17. The Kier molecular flexibility index (Phi) is 4.70. The van der Waals surface area contributed by atoms with E-state index in [2.05, 4.69) is 15.2 Å². The number of methoxy groups -OCH3 is 1. The number of likely N-dealkylation sites (tertiary alicyclic amines) is 1. The number of rotatable bonds is 6. The highest BCUT2D eigenvalue weighted by atomic mass is 32.1. The van der Waals surface area contributed by atoms with Crippen molar-refractivity contribution < 1.29 is 9.53 Å². The van der Waals surface area contributed by atoms with Crippen LogP contribution in [-0.2, 0) is 17.9 Å². The third-order valence-electron chi connectivity index (χ3n) is 3.88. The summed E-state index contributed by atoms with van der Waals surface area (Å²) in [4.78, 5) is 18.6. The highest BCUT2D eigenvalue weighted by Crippen LogP contribution is 2.22. The molecule has 1 aromatic heterocycles. The molecule has 5 nitrogen and oxygen atoms in total. The number of carbonyl (C=O) groups is 1. The Morgan fingerprint density at radius 1 is 1.45 bits per heavy atom. The van der Waals surface area contributed by atoms with Gasteiger partial charge in [0.15, 0.2) is 0 Å². The van der Waals surface area contributed by atoms with Crippen molar-refractivity contribution in [2.75, 3.05) is 13.7 Å². The Morgan fingerprint density at radius 3 is 2.86 bits per heavy atom. The van der Waals surface area contributed by atoms with Crippen molar-refractivity contribution in [3.8, 4) is 5.75 Å². The summed E-state index contributed by atoms with van der Waals surface area (Å²) in [5.74, 6) is 0.945. The number of thiazole rings is 1. The molecule has 3 rings (SSSR count). The maximum atomic E-state index is 12.2. The number of ether oxygens (including phenoxy) is 1. The van der Waals surface area contributed by atoms with Crippen LogP contribution >= 0.6 is 11.3 Å². The van der Waals surface area contributed by atoms with Crippen LogP contribution in [-0.4, -0.2) is 35.5 Å². The van der Waals surface area contributed by atoms with Crippen LogP contribution in [0.4, 0.5) is 0 Å². The van der Waals surface area contributed by atoms with Gasteiger partial charge in [-0.3, -0.25) is 9.69 Å². The average molecular weight is 317 g/mol. The molecule has 2 heterocycles. The molecular formula is C16H19N3O2S. The fourth-order valence-electron chi connectivity index (χ4n) is 2.51. The second-order valence-corrected chi connectivity index (χ2v) is 6.25. The lowest BCUT2D eigenvalue weighted by Gasteiger charge is -2.39. The molecule has 0 aliphatic carbocycles. The monoisotopic (exact) mass is 317 g/mol. The van der Waals surface area contributed by atoms with Crippen molar-refractivity contribution in [3.63, 3.8) is 0 Å². The number of benzene rings is 1. The minimum Gasteiger partial charge on any atom is -0.497 e. The first kappa shape index (κ1) is 15.0. The van der Waals surface area contributed by atoms with Crippen molar-refractivity contribution in [1.82, 2.24) is 15.2 Å². The zero-order chi connectivity index (χ0) is 15.4. The smallest absolute Gasteiger partial charge is 0.237 e. The zero-order valence-corrected chi connectivity index (χ0v) is 13.3. The maximum Gasteiger partial charge on any atom is 0.237 e. The number of hydrogen-bond acceptors (Lipinski definition) is 5. The van der Waals surface area contributed by atoms with Gasteiger partial charge < -0.3 is 10.1 Å². The van der Waals surface area contributed by atoms with Crippen molar-refractivity contribution in [2.24, 2.45) is 0 Å². The molecule has 1 atom stereocenters. The summed E-state index contributed by atoms with van der Waals surface area (Å²) in [5.41, 5.74) is 1.19. The number of aromatic nitrogens is 1. The lowest BCUT2D eigenvalue weighted by Crippen LogP contribution is -2.55. The van der Waals surface area contributed by atoms with Gasteiger partial charge in [-0.25, -0.2) is 4.98 Å². The molecule has 1 aliphatic heterocycles. The summed E-state index contributed by atoms with van der Waals surface area (Å²) in [6.45, 7) is 2.27. The summed E-state index contributed by atoms with van der Waals surface area (Å²) >= 11 is 1.56. The predicted octanol–water partition coefficient (Wildman–Crippen LogP) is 2.04. The third kappa shape index (κ3) is 3.45. The van der Waals surface area contributed by atoms with Crippen LogP contribution in [0.2, 0.25) is 0 Å². The number of nitrogens with zero attached hydrogens (tertiary/aromatic N) is 2. The molecule has 1 aromatic carbocycles. The number of hydrogen-bond donors (Lipinski definition) is 1. The van der Waals surface area contributed by atoms with Crippen LogP contribution in [0.5, 0.6) is 5.75 Å². The van der Waals surface area contributed by atoms with Crippen LogP contribution < -0.4 is 10.1 Å². The van der Waals surface area contributed by atoms with E-state index < -0.39 is 0 Å². The first-order valence-electron chi connectivity index (χ1n) is 7.29. The van der Waals surface area contributed by atoms with E-state index in [4.69, 9.17) is 4.74 Å². The average Bonchev–Trinajstić information content (AvgIpc) is 3.03. The predicted molar refractivity (Wildman–Crippen MR) is 85.8 cm³/mol. The Morgan fingerprint density at radius 2 is 2.27 bits per heavy atom. The van der Waals surface area contributed by atoms with Gasteiger partial charge in [-0.15, -0.1) is 11.3 Å². The minimum atomic E-state index is -0.0259. The van der Waals surface area contributed by atoms with Crippen LogP contribution in [0, 0.1) is 0 Å². The molecule has 1 amide bonds. The molecule has 1 N–H and O–H groups in total. The van der Waals surface area contributed by atoms with Gasteiger partial charge in [0, 0.05) is 24.7 Å². The molecule has 2 aromatic rings. The lowest BCUT2D eigenvalue weighted by molar-refractivity contribution is -0.131. The molecule has 1 saturated heterocycles. The Balaban J connectivity index is 1.51. The van der Waals surface area contributed by atoms with E-state index in [0.717, 1.165) is 30.3 Å². The second-order valence-electron chi connectivity index (χ2n) is 5.27. The standard InChI is InChI=1S/C16H19N3O2S/c1-21-13-4-2-12(3-5-13)11-19-8-6-14(19)16(20)18-10-15-17-7-9-22-15/h2-5,7,9,14H,6,8,10-11H2,1H3,(H,18,20)/t14-/m0/s1. The van der Waals surface area contributed by atoms with E-state index in [0.29, 0.717) is 6.54 Å². The van der Waals surface area contributed by atoms with Gasteiger partial charge in [-0.05, 0) is 24.1 Å². The first-order chi connectivity index (χ1) is 10.8. The van der Waals surface area contributed by atoms with E-state index >= 15 is 0 Å². The van der Waals surface area contributed by atoms with Gasteiger partial charge in [0.1, 0.15) is 10.8 Å². The molecule has 1 fully saturated rings. The molecule has 0 radical (unpaired) electrons.